The van der Waals surface area contributed by atoms with Crippen LogP contribution in [0.15, 0.2) is 30.7 Å². The Morgan fingerprint density at radius 2 is 1.89 bits per heavy atom. The average Bonchev–Trinajstić information content (AvgIpc) is 2.88. The van der Waals surface area contributed by atoms with Gasteiger partial charge in [-0.3, -0.25) is 4.98 Å². The molecule has 94 valence electrons. The van der Waals surface area contributed by atoms with Crippen LogP contribution in [0.4, 0.5) is 0 Å². The summed E-state index contributed by atoms with van der Waals surface area (Å²) in [5.74, 6) is 2.16. The van der Waals surface area contributed by atoms with Crippen molar-refractivity contribution in [2.24, 2.45) is 0 Å². The fourth-order valence-electron chi connectivity index (χ4n) is 2.09. The molecule has 1 aromatic carbocycles. The SMILES string of the molecule is c1cnc(-c2nc3cc4c(cc3[nH]2)OCCO4)cn1. The fourth-order valence-corrected chi connectivity index (χ4v) is 2.09. The van der Waals surface area contributed by atoms with E-state index < -0.39 is 0 Å². The summed E-state index contributed by atoms with van der Waals surface area (Å²) in [5, 5.41) is 0. The van der Waals surface area contributed by atoms with Gasteiger partial charge >= 0.3 is 0 Å². The van der Waals surface area contributed by atoms with Crippen molar-refractivity contribution in [3.63, 3.8) is 0 Å². The predicted octanol–water partition coefficient (Wildman–Crippen LogP) is 1.79. The molecule has 6 nitrogen and oxygen atoms in total. The number of ether oxygens (including phenoxy) is 2. The maximum atomic E-state index is 5.55. The summed E-state index contributed by atoms with van der Waals surface area (Å²) in [6.45, 7) is 1.14. The zero-order valence-electron chi connectivity index (χ0n) is 9.96. The van der Waals surface area contributed by atoms with Gasteiger partial charge in [0.05, 0.1) is 17.2 Å². The van der Waals surface area contributed by atoms with Gasteiger partial charge in [0, 0.05) is 24.5 Å². The van der Waals surface area contributed by atoms with Crippen LogP contribution in [0.2, 0.25) is 0 Å². The van der Waals surface area contributed by atoms with E-state index in [2.05, 4.69) is 19.9 Å². The van der Waals surface area contributed by atoms with E-state index in [9.17, 15) is 0 Å². The number of nitrogens with zero attached hydrogens (tertiary/aromatic N) is 3. The van der Waals surface area contributed by atoms with Crippen LogP contribution in [0.3, 0.4) is 0 Å². The van der Waals surface area contributed by atoms with E-state index in [4.69, 9.17) is 9.47 Å². The fraction of sp³-hybridized carbons (Fsp3) is 0.154. The number of hydrogen-bond donors (Lipinski definition) is 1. The number of fused-ring (bicyclic) bond motifs is 2. The van der Waals surface area contributed by atoms with E-state index in [0.29, 0.717) is 24.7 Å². The number of H-pyrrole nitrogens is 1. The number of nitrogens with one attached hydrogen (secondary N) is 1. The second-order valence-corrected chi connectivity index (χ2v) is 4.19. The van der Waals surface area contributed by atoms with Gasteiger partial charge in [-0.2, -0.15) is 0 Å². The first kappa shape index (κ1) is 10.3. The highest BCUT2D eigenvalue weighted by Crippen LogP contribution is 2.34. The number of aromatic nitrogens is 4. The van der Waals surface area contributed by atoms with Gasteiger partial charge < -0.3 is 14.5 Å². The zero-order chi connectivity index (χ0) is 12.7. The van der Waals surface area contributed by atoms with Crippen LogP contribution < -0.4 is 9.47 Å². The monoisotopic (exact) mass is 254 g/mol. The van der Waals surface area contributed by atoms with Gasteiger partial charge in [0.1, 0.15) is 18.9 Å². The third-order valence-electron chi connectivity index (χ3n) is 2.95. The quantitative estimate of drug-likeness (QED) is 0.716. The minimum Gasteiger partial charge on any atom is -0.486 e. The first-order valence-electron chi connectivity index (χ1n) is 5.96. The highest BCUT2D eigenvalue weighted by molar-refractivity contribution is 5.82. The Hall–Kier alpha value is -2.63. The number of benzene rings is 1. The lowest BCUT2D eigenvalue weighted by molar-refractivity contribution is 0.172. The highest BCUT2D eigenvalue weighted by Gasteiger charge is 2.15. The maximum Gasteiger partial charge on any atom is 0.163 e. The molecule has 0 saturated carbocycles. The normalized spacial score (nSPS) is 13.7. The lowest BCUT2D eigenvalue weighted by Crippen LogP contribution is -2.15. The summed E-state index contributed by atoms with van der Waals surface area (Å²) in [7, 11) is 0. The topological polar surface area (TPSA) is 72.9 Å². The Balaban J connectivity index is 1.87. The molecule has 3 heterocycles. The molecule has 0 aliphatic carbocycles. The molecule has 1 N–H and O–H groups in total. The highest BCUT2D eigenvalue weighted by atomic mass is 16.6. The molecular weight excluding hydrogens is 244 g/mol. The molecule has 0 bridgehead atoms. The molecule has 4 rings (SSSR count). The van der Waals surface area contributed by atoms with Crippen LogP contribution in [-0.4, -0.2) is 33.1 Å². The molecule has 1 aliphatic rings. The van der Waals surface area contributed by atoms with Crippen LogP contribution in [0.1, 0.15) is 0 Å². The minimum atomic E-state index is 0.569. The standard InChI is InChI=1S/C13H10N4O2/c1-2-15-10(7-14-1)13-16-8-5-11-12(6-9(8)17-13)19-4-3-18-11/h1-2,5-7H,3-4H2,(H,16,17). The lowest BCUT2D eigenvalue weighted by Gasteiger charge is -2.17. The van der Waals surface area contributed by atoms with Gasteiger partial charge in [-0.15, -0.1) is 0 Å². The van der Waals surface area contributed by atoms with Crippen molar-refractivity contribution in [3.8, 4) is 23.0 Å². The molecule has 0 unspecified atom stereocenters. The van der Waals surface area contributed by atoms with Gasteiger partial charge in [-0.05, 0) is 0 Å². The Labute approximate surface area is 108 Å². The van der Waals surface area contributed by atoms with Crippen LogP contribution in [0.25, 0.3) is 22.6 Å². The van der Waals surface area contributed by atoms with Gasteiger partial charge in [0.2, 0.25) is 0 Å². The largest absolute Gasteiger partial charge is 0.486 e. The third-order valence-corrected chi connectivity index (χ3v) is 2.95. The van der Waals surface area contributed by atoms with E-state index in [1.165, 1.54) is 0 Å². The number of hydrogen-bond acceptors (Lipinski definition) is 5. The number of rotatable bonds is 1. The van der Waals surface area contributed by atoms with Gasteiger partial charge in [-0.25, -0.2) is 9.97 Å². The van der Waals surface area contributed by atoms with E-state index in [1.54, 1.807) is 18.6 Å². The van der Waals surface area contributed by atoms with Crippen LogP contribution in [0.5, 0.6) is 11.5 Å². The Kier molecular flexibility index (Phi) is 2.14. The second-order valence-electron chi connectivity index (χ2n) is 4.19. The predicted molar refractivity (Wildman–Crippen MR) is 68.1 cm³/mol. The van der Waals surface area contributed by atoms with Crippen molar-refractivity contribution in [2.75, 3.05) is 13.2 Å². The van der Waals surface area contributed by atoms with Gasteiger partial charge in [0.25, 0.3) is 0 Å². The molecule has 0 fully saturated rings. The maximum absolute atomic E-state index is 5.55. The molecule has 1 aliphatic heterocycles. The molecule has 0 radical (unpaired) electrons. The van der Waals surface area contributed by atoms with Gasteiger partial charge in [-0.1, -0.05) is 0 Å². The van der Waals surface area contributed by atoms with E-state index in [0.717, 1.165) is 22.5 Å². The summed E-state index contributed by atoms with van der Waals surface area (Å²) < 4.78 is 11.1. The third kappa shape index (κ3) is 1.69. The Morgan fingerprint density at radius 3 is 2.68 bits per heavy atom. The molecule has 0 saturated heterocycles. The molecular formula is C13H10N4O2. The van der Waals surface area contributed by atoms with E-state index in [1.807, 2.05) is 12.1 Å². The van der Waals surface area contributed by atoms with Crippen molar-refractivity contribution in [1.82, 2.24) is 19.9 Å². The van der Waals surface area contributed by atoms with Crippen LogP contribution in [0, 0.1) is 0 Å². The van der Waals surface area contributed by atoms with Crippen molar-refractivity contribution < 1.29 is 9.47 Å². The molecule has 0 atom stereocenters. The van der Waals surface area contributed by atoms with Crippen molar-refractivity contribution in [2.45, 2.75) is 0 Å². The molecule has 6 heteroatoms. The summed E-state index contributed by atoms with van der Waals surface area (Å²) in [6.07, 6.45) is 4.94. The summed E-state index contributed by atoms with van der Waals surface area (Å²) >= 11 is 0. The van der Waals surface area contributed by atoms with Crippen LogP contribution >= 0.6 is 0 Å². The lowest BCUT2D eigenvalue weighted by atomic mass is 10.2. The van der Waals surface area contributed by atoms with Crippen molar-refractivity contribution in [1.29, 1.82) is 0 Å². The summed E-state index contributed by atoms with van der Waals surface area (Å²) in [5.41, 5.74) is 2.42. The van der Waals surface area contributed by atoms with E-state index in [-0.39, 0.29) is 0 Å². The van der Waals surface area contributed by atoms with Crippen molar-refractivity contribution >= 4 is 11.0 Å². The molecule has 0 spiro atoms. The van der Waals surface area contributed by atoms with Crippen molar-refractivity contribution in [3.05, 3.63) is 30.7 Å². The molecule has 3 aromatic rings. The molecule has 0 amide bonds. The smallest absolute Gasteiger partial charge is 0.163 e. The summed E-state index contributed by atoms with van der Waals surface area (Å²) in [6, 6.07) is 3.77. The Morgan fingerprint density at radius 1 is 1.05 bits per heavy atom. The first-order chi connectivity index (χ1) is 9.40. The van der Waals surface area contributed by atoms with E-state index >= 15 is 0 Å². The second kappa shape index (κ2) is 3.94. The number of aromatic amines is 1. The first-order valence-corrected chi connectivity index (χ1v) is 5.96. The zero-order valence-corrected chi connectivity index (χ0v) is 9.96. The Bertz CT molecular complexity index is 696. The minimum absolute atomic E-state index is 0.569. The van der Waals surface area contributed by atoms with Gasteiger partial charge in [0.15, 0.2) is 17.3 Å². The average molecular weight is 254 g/mol. The molecule has 2 aromatic heterocycles. The number of imidazole rings is 1. The van der Waals surface area contributed by atoms with Crippen LogP contribution in [-0.2, 0) is 0 Å². The summed E-state index contributed by atoms with van der Waals surface area (Å²) in [4.78, 5) is 16.0. The molecule has 19 heavy (non-hydrogen) atoms.